The van der Waals surface area contributed by atoms with Crippen molar-refractivity contribution in [3.8, 4) is 6.07 Å². The minimum Gasteiger partial charge on any atom is -0.293 e. The molecule has 0 aromatic rings. The van der Waals surface area contributed by atoms with Gasteiger partial charge >= 0.3 is 0 Å². The van der Waals surface area contributed by atoms with E-state index in [9.17, 15) is 4.79 Å². The third-order valence-corrected chi connectivity index (χ3v) is 1.81. The summed E-state index contributed by atoms with van der Waals surface area (Å²) < 4.78 is 0. The van der Waals surface area contributed by atoms with Gasteiger partial charge in [-0.1, -0.05) is 5.57 Å². The molecular weight excluding hydrogens is 138 g/mol. The van der Waals surface area contributed by atoms with Crippen molar-refractivity contribution < 1.29 is 4.79 Å². The quantitative estimate of drug-likeness (QED) is 0.444. The molecule has 0 radical (unpaired) electrons. The van der Waals surface area contributed by atoms with E-state index in [1.165, 1.54) is 0 Å². The molecule has 0 amide bonds. The topological polar surface area (TPSA) is 40.9 Å². The summed E-state index contributed by atoms with van der Waals surface area (Å²) in [5, 5.41) is 8.61. The number of hydrogen-bond acceptors (Lipinski definition) is 2. The zero-order valence-electron chi connectivity index (χ0n) is 6.85. The van der Waals surface area contributed by atoms with Crippen molar-refractivity contribution in [2.24, 2.45) is 5.92 Å². The zero-order chi connectivity index (χ0) is 8.43. The minimum absolute atomic E-state index is 0.0486. The number of nitriles is 1. The lowest BCUT2D eigenvalue weighted by Crippen LogP contribution is -2.04. The normalized spacial score (nSPS) is 15.4. The second kappa shape index (κ2) is 2.87. The van der Waals surface area contributed by atoms with E-state index in [1.54, 1.807) is 13.8 Å². The Morgan fingerprint density at radius 1 is 1.45 bits per heavy atom. The molecule has 58 valence electrons. The second-order valence-electron chi connectivity index (χ2n) is 3.13. The number of carbonyl (C=O) groups is 1. The Bertz CT molecular complexity index is 249. The van der Waals surface area contributed by atoms with E-state index >= 15 is 0 Å². The maximum Gasteiger partial charge on any atom is 0.176 e. The van der Waals surface area contributed by atoms with Crippen LogP contribution in [0.1, 0.15) is 26.7 Å². The number of carbonyl (C=O) groups excluding carboxylic acids is 1. The number of allylic oxidation sites excluding steroid dienone is 2. The first-order valence-corrected chi connectivity index (χ1v) is 3.78. The molecule has 0 atom stereocenters. The van der Waals surface area contributed by atoms with Crippen LogP contribution in [-0.4, -0.2) is 5.78 Å². The first-order valence-electron chi connectivity index (χ1n) is 3.78. The van der Waals surface area contributed by atoms with E-state index < -0.39 is 0 Å². The molecule has 0 spiro atoms. The summed E-state index contributed by atoms with van der Waals surface area (Å²) in [6, 6.07) is 1.95. The van der Waals surface area contributed by atoms with Crippen molar-refractivity contribution in [3.05, 3.63) is 11.1 Å². The number of ketones is 1. The summed E-state index contributed by atoms with van der Waals surface area (Å²) in [6.07, 6.45) is 1.94. The van der Waals surface area contributed by atoms with E-state index in [2.05, 4.69) is 0 Å². The van der Waals surface area contributed by atoms with Gasteiger partial charge in [0.2, 0.25) is 0 Å². The highest BCUT2D eigenvalue weighted by atomic mass is 16.1. The second-order valence-corrected chi connectivity index (χ2v) is 3.13. The van der Waals surface area contributed by atoms with E-state index in [4.69, 9.17) is 5.26 Å². The Hall–Kier alpha value is -1.10. The van der Waals surface area contributed by atoms with Crippen molar-refractivity contribution in [3.63, 3.8) is 0 Å². The first-order chi connectivity index (χ1) is 5.16. The fourth-order valence-electron chi connectivity index (χ4n) is 0.963. The van der Waals surface area contributed by atoms with Crippen molar-refractivity contribution in [1.29, 1.82) is 5.26 Å². The predicted octanol–water partition coefficient (Wildman–Crippen LogP) is 1.83. The Morgan fingerprint density at radius 3 is 2.27 bits per heavy atom. The van der Waals surface area contributed by atoms with Crippen LogP contribution in [0.2, 0.25) is 0 Å². The van der Waals surface area contributed by atoms with Crippen LogP contribution >= 0.6 is 0 Å². The summed E-state index contributed by atoms with van der Waals surface area (Å²) in [6.45, 7) is 3.61. The lowest BCUT2D eigenvalue weighted by molar-refractivity contribution is -0.116. The van der Waals surface area contributed by atoms with Crippen LogP contribution in [0.4, 0.5) is 0 Å². The average Bonchev–Trinajstić information content (AvgIpc) is 2.68. The van der Waals surface area contributed by atoms with Crippen LogP contribution in [0.25, 0.3) is 0 Å². The van der Waals surface area contributed by atoms with Gasteiger partial charge in [-0.2, -0.15) is 5.26 Å². The van der Waals surface area contributed by atoms with Crippen LogP contribution in [0.3, 0.4) is 0 Å². The molecule has 1 aliphatic carbocycles. The fraction of sp³-hybridized carbons (Fsp3) is 0.556. The molecule has 1 rings (SSSR count). The van der Waals surface area contributed by atoms with Crippen LogP contribution in [-0.2, 0) is 4.79 Å². The van der Waals surface area contributed by atoms with Gasteiger partial charge in [0.15, 0.2) is 5.78 Å². The number of Topliss-reactive ketones (excluding diaryl/α,β-unsaturated/α-hetero) is 1. The van der Waals surface area contributed by atoms with Crippen LogP contribution in [0.15, 0.2) is 11.1 Å². The van der Waals surface area contributed by atoms with Crippen molar-refractivity contribution in [2.75, 3.05) is 0 Å². The monoisotopic (exact) mass is 149 g/mol. The van der Waals surface area contributed by atoms with E-state index in [0.29, 0.717) is 5.57 Å². The number of hydrogen-bond donors (Lipinski definition) is 0. The van der Waals surface area contributed by atoms with Gasteiger partial charge in [-0.05, 0) is 26.7 Å². The summed E-state index contributed by atoms with van der Waals surface area (Å²) in [4.78, 5) is 11.3. The molecule has 0 N–H and O–H groups in total. The number of rotatable bonds is 2. The van der Waals surface area contributed by atoms with Gasteiger partial charge in [-0.15, -0.1) is 0 Å². The molecule has 0 aliphatic heterocycles. The van der Waals surface area contributed by atoms with Crippen LogP contribution < -0.4 is 0 Å². The molecule has 1 aliphatic rings. The summed E-state index contributed by atoms with van der Waals surface area (Å²) in [7, 11) is 0. The smallest absolute Gasteiger partial charge is 0.176 e. The van der Waals surface area contributed by atoms with Crippen molar-refractivity contribution >= 4 is 5.78 Å². The van der Waals surface area contributed by atoms with Gasteiger partial charge in [0.25, 0.3) is 0 Å². The zero-order valence-corrected chi connectivity index (χ0v) is 6.85. The molecule has 0 unspecified atom stereocenters. The third-order valence-electron chi connectivity index (χ3n) is 1.81. The maximum atomic E-state index is 11.3. The van der Waals surface area contributed by atoms with Crippen molar-refractivity contribution in [1.82, 2.24) is 0 Å². The summed E-state index contributed by atoms with van der Waals surface area (Å²) >= 11 is 0. The number of nitrogens with zero attached hydrogens (tertiary/aromatic N) is 1. The lowest BCUT2D eigenvalue weighted by Gasteiger charge is -1.96. The molecular formula is C9H11NO. The van der Waals surface area contributed by atoms with E-state index in [1.807, 2.05) is 6.07 Å². The lowest BCUT2D eigenvalue weighted by atomic mass is 10.0. The molecule has 0 saturated heterocycles. The highest BCUT2D eigenvalue weighted by Crippen LogP contribution is 2.32. The molecule has 0 heterocycles. The molecule has 2 heteroatoms. The SMILES string of the molecule is CC(C)=C(C#N)C(=O)C1CC1. The fourth-order valence-corrected chi connectivity index (χ4v) is 0.963. The minimum atomic E-state index is 0.0486. The molecule has 11 heavy (non-hydrogen) atoms. The van der Waals surface area contributed by atoms with Gasteiger partial charge < -0.3 is 0 Å². The molecule has 1 fully saturated rings. The van der Waals surface area contributed by atoms with Gasteiger partial charge in [-0.25, -0.2) is 0 Å². The molecule has 2 nitrogen and oxygen atoms in total. The van der Waals surface area contributed by atoms with Gasteiger partial charge in [0.1, 0.15) is 6.07 Å². The first kappa shape index (κ1) is 8.00. The largest absolute Gasteiger partial charge is 0.293 e. The van der Waals surface area contributed by atoms with Crippen LogP contribution in [0, 0.1) is 17.2 Å². The van der Waals surface area contributed by atoms with E-state index in [0.717, 1.165) is 18.4 Å². The average molecular weight is 149 g/mol. The highest BCUT2D eigenvalue weighted by Gasteiger charge is 2.32. The standard InChI is InChI=1S/C9H11NO/c1-6(2)8(5-10)9(11)7-3-4-7/h7H,3-4H2,1-2H3. The molecule has 0 aromatic heterocycles. The summed E-state index contributed by atoms with van der Waals surface area (Å²) in [5.41, 5.74) is 1.21. The molecule has 1 saturated carbocycles. The Labute approximate surface area is 66.5 Å². The Kier molecular flexibility index (Phi) is 2.09. The van der Waals surface area contributed by atoms with Crippen molar-refractivity contribution in [2.45, 2.75) is 26.7 Å². The van der Waals surface area contributed by atoms with Crippen LogP contribution in [0.5, 0.6) is 0 Å². The Balaban J connectivity index is 2.79. The van der Waals surface area contributed by atoms with Gasteiger partial charge in [0, 0.05) is 5.92 Å². The summed E-state index contributed by atoms with van der Waals surface area (Å²) in [5.74, 6) is 0.215. The highest BCUT2D eigenvalue weighted by molar-refractivity contribution is 6.02. The van der Waals surface area contributed by atoms with Gasteiger partial charge in [0.05, 0.1) is 5.57 Å². The predicted molar refractivity (Wildman–Crippen MR) is 41.7 cm³/mol. The van der Waals surface area contributed by atoms with E-state index in [-0.39, 0.29) is 11.7 Å². The maximum absolute atomic E-state index is 11.3. The van der Waals surface area contributed by atoms with Gasteiger partial charge in [-0.3, -0.25) is 4.79 Å². The molecule has 0 aromatic carbocycles. The third kappa shape index (κ3) is 1.68. The Morgan fingerprint density at radius 2 is 2.00 bits per heavy atom. The molecule has 0 bridgehead atoms.